The maximum absolute atomic E-state index is 10.4. The Morgan fingerprint density at radius 3 is 2.62 bits per heavy atom. The van der Waals surface area contributed by atoms with Crippen LogP contribution in [0, 0.1) is 0 Å². The fraction of sp³-hybridized carbons (Fsp3) is 0.222. The molecule has 0 aliphatic heterocycles. The van der Waals surface area contributed by atoms with Crippen LogP contribution in [0.2, 0.25) is 0 Å². The zero-order valence-corrected chi connectivity index (χ0v) is 8.49. The van der Waals surface area contributed by atoms with Gasteiger partial charge in [0.2, 0.25) is 0 Å². The number of hydrogen-bond acceptors (Lipinski definition) is 3. The Labute approximate surface area is 84.7 Å². The third-order valence-corrected chi connectivity index (χ3v) is 1.68. The first-order chi connectivity index (χ1) is 6.29. The maximum Gasteiger partial charge on any atom is 0.200 e. The summed E-state index contributed by atoms with van der Waals surface area (Å²) in [5, 5.41) is 0. The van der Waals surface area contributed by atoms with Crippen LogP contribution in [-0.2, 0) is 9.68 Å². The highest BCUT2D eigenvalue weighted by molar-refractivity contribution is 9.18. The summed E-state index contributed by atoms with van der Waals surface area (Å²) in [6.45, 7) is 0.249. The Hall–Kier alpha value is -0.870. The van der Waals surface area contributed by atoms with Gasteiger partial charge in [-0.15, -0.1) is 0 Å². The molecule has 4 heteroatoms. The van der Waals surface area contributed by atoms with Gasteiger partial charge in [-0.1, -0.05) is 18.2 Å². The first-order valence-electron chi connectivity index (χ1n) is 3.82. The van der Waals surface area contributed by atoms with Gasteiger partial charge in [0.25, 0.3) is 0 Å². The summed E-state index contributed by atoms with van der Waals surface area (Å²) in [7, 11) is 0. The van der Waals surface area contributed by atoms with E-state index < -0.39 is 0 Å². The van der Waals surface area contributed by atoms with Crippen molar-refractivity contribution in [2.45, 2.75) is 6.42 Å². The van der Waals surface area contributed by atoms with E-state index in [2.05, 4.69) is 15.9 Å². The predicted octanol–water partition coefficient (Wildman–Crippen LogP) is 2.31. The second-order valence-electron chi connectivity index (χ2n) is 2.32. The van der Waals surface area contributed by atoms with Crippen molar-refractivity contribution < 1.29 is 14.6 Å². The minimum atomic E-state index is -0.0934. The summed E-state index contributed by atoms with van der Waals surface area (Å²) in [4.78, 5) is 20.1. The Bertz CT molecular complexity index is 261. The number of halogens is 1. The molecule has 0 N–H and O–H groups in total. The molecule has 1 rings (SSSR count). The van der Waals surface area contributed by atoms with Gasteiger partial charge in [-0.2, -0.15) is 4.89 Å². The second-order valence-corrected chi connectivity index (χ2v) is 3.21. The van der Waals surface area contributed by atoms with Gasteiger partial charge in [-0.25, -0.2) is 0 Å². The molecule has 1 aromatic rings. The van der Waals surface area contributed by atoms with Gasteiger partial charge in [-0.05, 0) is 28.1 Å². The molecule has 0 amide bonds. The highest BCUT2D eigenvalue weighted by Gasteiger charge is 1.96. The van der Waals surface area contributed by atoms with Crippen LogP contribution in [0.1, 0.15) is 6.42 Å². The van der Waals surface area contributed by atoms with E-state index in [1.54, 1.807) is 12.1 Å². The van der Waals surface area contributed by atoms with Crippen molar-refractivity contribution in [3.05, 3.63) is 30.3 Å². The fourth-order valence-electron chi connectivity index (χ4n) is 0.708. The first-order valence-corrected chi connectivity index (χ1v) is 4.61. The van der Waals surface area contributed by atoms with Crippen molar-refractivity contribution >= 4 is 20.6 Å². The number of para-hydroxylation sites is 1. The van der Waals surface area contributed by atoms with E-state index >= 15 is 0 Å². The normalized spacial score (nSPS) is 9.62. The van der Waals surface area contributed by atoms with Gasteiger partial charge in [0.15, 0.2) is 10.4 Å². The highest BCUT2D eigenvalue weighted by Crippen LogP contribution is 2.08. The molecule has 0 saturated carbocycles. The Kier molecular flexibility index (Phi) is 4.49. The summed E-state index contributed by atoms with van der Waals surface area (Å²) < 4.78 is -0.0934. The van der Waals surface area contributed by atoms with Gasteiger partial charge in [0.1, 0.15) is 6.61 Å². The van der Waals surface area contributed by atoms with Crippen LogP contribution in [0.5, 0.6) is 5.75 Å². The molecule has 0 bridgehead atoms. The van der Waals surface area contributed by atoms with Crippen LogP contribution in [0.25, 0.3) is 0 Å². The molecule has 1 aromatic carbocycles. The van der Waals surface area contributed by atoms with Crippen LogP contribution in [-0.4, -0.2) is 11.3 Å². The molecular weight excluding hydrogens is 236 g/mol. The molecule has 0 saturated heterocycles. The van der Waals surface area contributed by atoms with Crippen LogP contribution < -0.4 is 4.89 Å². The van der Waals surface area contributed by atoms with E-state index in [9.17, 15) is 4.79 Å². The lowest BCUT2D eigenvalue weighted by molar-refractivity contribution is -0.206. The van der Waals surface area contributed by atoms with E-state index in [-0.39, 0.29) is 11.3 Å². The summed E-state index contributed by atoms with van der Waals surface area (Å²) in [6, 6.07) is 9.11. The van der Waals surface area contributed by atoms with E-state index in [1.807, 2.05) is 18.2 Å². The topological polar surface area (TPSA) is 35.5 Å². The molecule has 3 nitrogen and oxygen atoms in total. The van der Waals surface area contributed by atoms with Crippen molar-refractivity contribution in [2.75, 3.05) is 6.61 Å². The number of benzene rings is 1. The van der Waals surface area contributed by atoms with Crippen LogP contribution in [0.15, 0.2) is 30.3 Å². The van der Waals surface area contributed by atoms with Crippen LogP contribution in [0.4, 0.5) is 0 Å². The largest absolute Gasteiger partial charge is 0.338 e. The number of rotatable bonds is 5. The van der Waals surface area contributed by atoms with Crippen molar-refractivity contribution in [1.82, 2.24) is 0 Å². The number of carbonyl (C=O) groups is 1. The molecule has 0 heterocycles. The SMILES string of the molecule is O=C(Br)CCOOc1ccccc1. The summed E-state index contributed by atoms with van der Waals surface area (Å²) >= 11 is 2.79. The zero-order valence-electron chi connectivity index (χ0n) is 6.90. The Balaban J connectivity index is 2.17. The number of hydrogen-bond donors (Lipinski definition) is 0. The summed E-state index contributed by atoms with van der Waals surface area (Å²) in [6.07, 6.45) is 0.298. The molecule has 0 atom stereocenters. The van der Waals surface area contributed by atoms with Crippen LogP contribution in [0.3, 0.4) is 0 Å². The average Bonchev–Trinajstić information content (AvgIpc) is 2.14. The monoisotopic (exact) mass is 244 g/mol. The Morgan fingerprint density at radius 1 is 1.31 bits per heavy atom. The molecule has 0 aliphatic rings. The Morgan fingerprint density at radius 2 is 2.00 bits per heavy atom. The van der Waals surface area contributed by atoms with E-state index in [0.29, 0.717) is 12.2 Å². The second kappa shape index (κ2) is 5.72. The summed E-state index contributed by atoms with van der Waals surface area (Å²) in [5.74, 6) is 0.629. The van der Waals surface area contributed by atoms with Crippen molar-refractivity contribution in [3.8, 4) is 5.75 Å². The third-order valence-electron chi connectivity index (χ3n) is 1.28. The average molecular weight is 245 g/mol. The third kappa shape index (κ3) is 4.65. The van der Waals surface area contributed by atoms with Gasteiger partial charge < -0.3 is 4.89 Å². The molecule has 13 heavy (non-hydrogen) atoms. The van der Waals surface area contributed by atoms with Gasteiger partial charge in [0, 0.05) is 6.42 Å². The van der Waals surface area contributed by atoms with Crippen LogP contribution >= 0.6 is 15.9 Å². The molecule has 70 valence electrons. The smallest absolute Gasteiger partial charge is 0.200 e. The van der Waals surface area contributed by atoms with E-state index in [1.165, 1.54) is 0 Å². The van der Waals surface area contributed by atoms with Gasteiger partial charge in [-0.3, -0.25) is 4.79 Å². The standard InChI is InChI=1S/C9H9BrO3/c10-9(11)6-7-12-13-8-4-2-1-3-5-8/h1-5H,6-7H2. The lowest BCUT2D eigenvalue weighted by Crippen LogP contribution is -2.01. The molecule has 0 aliphatic carbocycles. The first kappa shape index (κ1) is 10.2. The predicted molar refractivity (Wildman–Crippen MR) is 51.6 cm³/mol. The van der Waals surface area contributed by atoms with Crippen molar-refractivity contribution in [1.29, 1.82) is 0 Å². The van der Waals surface area contributed by atoms with Crippen molar-refractivity contribution in [3.63, 3.8) is 0 Å². The minimum absolute atomic E-state index is 0.0934. The molecule has 0 radical (unpaired) electrons. The molecular formula is C9H9BrO3. The highest BCUT2D eigenvalue weighted by atomic mass is 79.9. The lowest BCUT2D eigenvalue weighted by atomic mass is 10.3. The van der Waals surface area contributed by atoms with Crippen molar-refractivity contribution in [2.24, 2.45) is 0 Å². The fourth-order valence-corrected chi connectivity index (χ4v) is 0.870. The molecule has 0 spiro atoms. The molecule has 0 unspecified atom stereocenters. The summed E-state index contributed by atoms with van der Waals surface area (Å²) in [5.41, 5.74) is 0. The molecule has 0 fully saturated rings. The van der Waals surface area contributed by atoms with E-state index in [0.717, 1.165) is 0 Å². The lowest BCUT2D eigenvalue weighted by Gasteiger charge is -2.02. The quantitative estimate of drug-likeness (QED) is 0.345. The number of carbonyl (C=O) groups excluding carboxylic acids is 1. The zero-order chi connectivity index (χ0) is 9.52. The van der Waals surface area contributed by atoms with E-state index in [4.69, 9.17) is 9.78 Å². The maximum atomic E-state index is 10.4. The molecule has 0 aromatic heterocycles. The minimum Gasteiger partial charge on any atom is -0.338 e. The van der Waals surface area contributed by atoms with Gasteiger partial charge in [0.05, 0.1) is 0 Å². The van der Waals surface area contributed by atoms with Gasteiger partial charge >= 0.3 is 0 Å².